The fourth-order valence-electron chi connectivity index (χ4n) is 5.96. The van der Waals surface area contributed by atoms with Crippen molar-refractivity contribution in [3.05, 3.63) is 64.4 Å². The zero-order valence-corrected chi connectivity index (χ0v) is 24.8. The Morgan fingerprint density at radius 2 is 1.75 bits per heavy atom. The van der Waals surface area contributed by atoms with Gasteiger partial charge in [-0.3, -0.25) is 9.59 Å². The monoisotopic (exact) mass is 540 g/mol. The van der Waals surface area contributed by atoms with Crippen LogP contribution in [0, 0.1) is 5.92 Å². The lowest BCUT2D eigenvalue weighted by atomic mass is 9.93. The van der Waals surface area contributed by atoms with E-state index in [0.29, 0.717) is 23.7 Å². The van der Waals surface area contributed by atoms with E-state index in [0.717, 1.165) is 91.5 Å². The maximum absolute atomic E-state index is 13.3. The summed E-state index contributed by atoms with van der Waals surface area (Å²) in [6, 6.07) is 12.2. The van der Waals surface area contributed by atoms with Gasteiger partial charge in [0, 0.05) is 55.5 Å². The molecule has 1 aliphatic carbocycles. The maximum atomic E-state index is 13.3. The molecular formula is C34H44N4O2. The Bertz CT molecular complexity index is 1350. The van der Waals surface area contributed by atoms with Gasteiger partial charge < -0.3 is 15.5 Å². The molecule has 6 heteroatoms. The predicted octanol–water partition coefficient (Wildman–Crippen LogP) is 7.07. The van der Waals surface area contributed by atoms with E-state index in [2.05, 4.69) is 51.8 Å². The van der Waals surface area contributed by atoms with Gasteiger partial charge in [0.15, 0.2) is 6.29 Å². The van der Waals surface area contributed by atoms with Gasteiger partial charge in [-0.1, -0.05) is 52.0 Å². The standard InChI is InChI=1S/C34H44N4O2/c1-6-15-38(16-7-2)34(40)28-17-26-13-11-25(19-31(26)36-33(35)20-28)24-12-14-27(22-39)30(18-24)29-9-8-10-32(29)37(5)21-23(3)4/h11-14,17-19,22-23H,6-10,15-16,20-21H2,1-5H3,(H2,35,36). The van der Waals surface area contributed by atoms with Gasteiger partial charge in [-0.25, -0.2) is 4.99 Å². The Morgan fingerprint density at radius 1 is 1.05 bits per heavy atom. The molecule has 0 spiro atoms. The Morgan fingerprint density at radius 3 is 2.42 bits per heavy atom. The highest BCUT2D eigenvalue weighted by molar-refractivity contribution is 6.05. The van der Waals surface area contributed by atoms with Gasteiger partial charge in [-0.05, 0) is 78.5 Å². The maximum Gasteiger partial charge on any atom is 0.250 e. The average Bonchev–Trinajstić information content (AvgIpc) is 3.35. The number of aliphatic imine (C=N–C) groups is 1. The fourth-order valence-corrected chi connectivity index (χ4v) is 5.96. The van der Waals surface area contributed by atoms with Crippen molar-refractivity contribution in [3.8, 4) is 11.1 Å². The van der Waals surface area contributed by atoms with Crippen LogP contribution in [0.4, 0.5) is 5.69 Å². The van der Waals surface area contributed by atoms with E-state index in [1.54, 1.807) is 0 Å². The van der Waals surface area contributed by atoms with Gasteiger partial charge in [0.05, 0.1) is 5.69 Å². The molecule has 6 nitrogen and oxygen atoms in total. The third-order valence-corrected chi connectivity index (χ3v) is 7.67. The number of carbonyl (C=O) groups is 2. The van der Waals surface area contributed by atoms with Gasteiger partial charge in [0.2, 0.25) is 5.91 Å². The predicted molar refractivity (Wildman–Crippen MR) is 167 cm³/mol. The third-order valence-electron chi connectivity index (χ3n) is 7.67. The van der Waals surface area contributed by atoms with Gasteiger partial charge in [0.1, 0.15) is 5.84 Å². The second-order valence-corrected chi connectivity index (χ2v) is 11.5. The molecule has 0 saturated heterocycles. The molecule has 2 aromatic rings. The van der Waals surface area contributed by atoms with Crippen molar-refractivity contribution < 1.29 is 9.59 Å². The largest absolute Gasteiger partial charge is 0.387 e. The highest BCUT2D eigenvalue weighted by atomic mass is 16.2. The van der Waals surface area contributed by atoms with Gasteiger partial charge in [-0.2, -0.15) is 0 Å². The number of aldehydes is 1. The summed E-state index contributed by atoms with van der Waals surface area (Å²) in [4.78, 5) is 34.4. The molecule has 40 heavy (non-hydrogen) atoms. The quantitative estimate of drug-likeness (QED) is 0.309. The van der Waals surface area contributed by atoms with E-state index in [-0.39, 0.29) is 5.91 Å². The summed E-state index contributed by atoms with van der Waals surface area (Å²) in [5, 5.41) is 0. The van der Waals surface area contributed by atoms with E-state index in [9.17, 15) is 9.59 Å². The van der Waals surface area contributed by atoms with Gasteiger partial charge in [0.25, 0.3) is 0 Å². The molecule has 0 saturated carbocycles. The second kappa shape index (κ2) is 13.1. The number of fused-ring (bicyclic) bond motifs is 1. The first kappa shape index (κ1) is 29.3. The zero-order valence-electron chi connectivity index (χ0n) is 24.8. The molecule has 1 aliphatic heterocycles. The summed E-state index contributed by atoms with van der Waals surface area (Å²) in [5.74, 6) is 1.04. The SMILES string of the molecule is CCCN(CCC)C(=O)C1=Cc2ccc(-c3ccc(C=O)c(C4=C(N(C)CC(C)C)CCC4)c3)cc2N=C(N)C1. The smallest absolute Gasteiger partial charge is 0.250 e. The van der Waals surface area contributed by atoms with Crippen LogP contribution < -0.4 is 5.73 Å². The van der Waals surface area contributed by atoms with Crippen molar-refractivity contribution in [3.63, 3.8) is 0 Å². The van der Waals surface area contributed by atoms with Crippen LogP contribution in [0.5, 0.6) is 0 Å². The number of amides is 1. The van der Waals surface area contributed by atoms with Crippen LogP contribution in [0.3, 0.4) is 0 Å². The van der Waals surface area contributed by atoms with Gasteiger partial charge >= 0.3 is 0 Å². The van der Waals surface area contributed by atoms with E-state index in [1.165, 1.54) is 11.3 Å². The number of nitrogens with two attached hydrogens (primary N) is 1. The van der Waals surface area contributed by atoms with Crippen molar-refractivity contribution in [1.29, 1.82) is 0 Å². The number of hydrogen-bond donors (Lipinski definition) is 1. The molecule has 2 aliphatic rings. The Kier molecular flexibility index (Phi) is 9.62. The minimum absolute atomic E-state index is 0.0379. The second-order valence-electron chi connectivity index (χ2n) is 11.5. The molecule has 2 aromatic carbocycles. The number of allylic oxidation sites excluding steroid dienone is 2. The number of rotatable bonds is 11. The number of carbonyl (C=O) groups excluding carboxylic acids is 2. The Labute approximate surface area is 239 Å². The first-order valence-corrected chi connectivity index (χ1v) is 14.8. The highest BCUT2D eigenvalue weighted by Gasteiger charge is 2.23. The number of benzene rings is 2. The molecule has 0 fully saturated rings. The van der Waals surface area contributed by atoms with E-state index >= 15 is 0 Å². The van der Waals surface area contributed by atoms with Crippen molar-refractivity contribution in [2.24, 2.45) is 16.6 Å². The molecule has 0 atom stereocenters. The van der Waals surface area contributed by atoms with E-state index < -0.39 is 0 Å². The highest BCUT2D eigenvalue weighted by Crippen LogP contribution is 2.39. The van der Waals surface area contributed by atoms with Crippen molar-refractivity contribution >= 4 is 35.4 Å². The molecule has 0 bridgehead atoms. The Balaban J connectivity index is 1.72. The van der Waals surface area contributed by atoms with Crippen LogP contribution in [0.25, 0.3) is 22.8 Å². The van der Waals surface area contributed by atoms with Crippen LogP contribution in [-0.2, 0) is 4.79 Å². The third kappa shape index (κ3) is 6.55. The fraction of sp³-hybridized carbons (Fsp3) is 0.441. The summed E-state index contributed by atoms with van der Waals surface area (Å²) >= 11 is 0. The minimum Gasteiger partial charge on any atom is -0.387 e. The summed E-state index contributed by atoms with van der Waals surface area (Å²) in [5.41, 5.74) is 15.1. The number of hydrogen-bond acceptors (Lipinski definition) is 5. The Hall–Kier alpha value is -3.67. The number of nitrogens with zero attached hydrogens (tertiary/aromatic N) is 3. The molecule has 4 rings (SSSR count). The lowest BCUT2D eigenvalue weighted by Crippen LogP contribution is -2.34. The van der Waals surface area contributed by atoms with Crippen LogP contribution in [0.2, 0.25) is 0 Å². The van der Waals surface area contributed by atoms with Crippen molar-refractivity contribution in [2.45, 2.75) is 66.2 Å². The zero-order chi connectivity index (χ0) is 28.8. The lowest BCUT2D eigenvalue weighted by Gasteiger charge is -2.25. The normalized spacial score (nSPS) is 14.9. The molecule has 2 N–H and O–H groups in total. The van der Waals surface area contributed by atoms with Crippen LogP contribution in [0.15, 0.2) is 52.7 Å². The molecule has 0 unspecified atom stereocenters. The molecule has 212 valence electrons. The van der Waals surface area contributed by atoms with Crippen LogP contribution in [0.1, 0.15) is 87.7 Å². The molecular weight excluding hydrogens is 496 g/mol. The first-order valence-electron chi connectivity index (χ1n) is 14.8. The minimum atomic E-state index is 0.0379. The summed E-state index contributed by atoms with van der Waals surface area (Å²) in [7, 11) is 2.16. The van der Waals surface area contributed by atoms with E-state index in [1.807, 2.05) is 35.2 Å². The first-order chi connectivity index (χ1) is 19.2. The van der Waals surface area contributed by atoms with Crippen molar-refractivity contribution in [1.82, 2.24) is 9.80 Å². The average molecular weight is 541 g/mol. The van der Waals surface area contributed by atoms with Crippen LogP contribution in [-0.4, -0.2) is 54.5 Å². The summed E-state index contributed by atoms with van der Waals surface area (Å²) < 4.78 is 0. The number of amidine groups is 1. The molecule has 0 aromatic heterocycles. The molecule has 0 radical (unpaired) electrons. The topological polar surface area (TPSA) is 79.0 Å². The molecule has 1 heterocycles. The summed E-state index contributed by atoms with van der Waals surface area (Å²) in [6.07, 6.45) is 8.20. The van der Waals surface area contributed by atoms with Crippen molar-refractivity contribution in [2.75, 3.05) is 26.7 Å². The lowest BCUT2D eigenvalue weighted by molar-refractivity contribution is -0.127. The van der Waals surface area contributed by atoms with E-state index in [4.69, 9.17) is 10.7 Å². The molecule has 1 amide bonds. The summed E-state index contributed by atoms with van der Waals surface area (Å²) in [6.45, 7) is 11.1. The van der Waals surface area contributed by atoms with Gasteiger partial charge in [-0.15, -0.1) is 0 Å². The van der Waals surface area contributed by atoms with Crippen LogP contribution >= 0.6 is 0 Å².